The first-order valence-electron chi connectivity index (χ1n) is 14.3. The molecule has 4 atom stereocenters. The number of carboxylic acid groups (broad SMARTS) is 1. The zero-order valence-electron chi connectivity index (χ0n) is 23.5. The van der Waals surface area contributed by atoms with Crippen molar-refractivity contribution in [1.29, 1.82) is 0 Å². The van der Waals surface area contributed by atoms with Crippen LogP contribution >= 0.6 is 0 Å². The van der Waals surface area contributed by atoms with E-state index >= 15 is 0 Å². The summed E-state index contributed by atoms with van der Waals surface area (Å²) >= 11 is 0. The van der Waals surface area contributed by atoms with Crippen molar-refractivity contribution in [3.63, 3.8) is 0 Å². The number of fused-ring (bicyclic) bond motifs is 1. The predicted molar refractivity (Wildman–Crippen MR) is 159 cm³/mol. The first-order valence-corrected chi connectivity index (χ1v) is 14.3. The minimum atomic E-state index is -1.22. The van der Waals surface area contributed by atoms with Gasteiger partial charge in [0, 0.05) is 48.3 Å². The summed E-state index contributed by atoms with van der Waals surface area (Å²) in [7, 11) is 0. The second-order valence-electron chi connectivity index (χ2n) is 10.7. The highest BCUT2D eigenvalue weighted by Crippen LogP contribution is 2.19. The van der Waals surface area contributed by atoms with Crippen LogP contribution < -0.4 is 21.3 Å². The van der Waals surface area contributed by atoms with Crippen molar-refractivity contribution in [3.8, 4) is 0 Å². The lowest BCUT2D eigenvalue weighted by Crippen LogP contribution is -2.58. The second-order valence-corrected chi connectivity index (χ2v) is 10.7. The first kappa shape index (κ1) is 29.5. The van der Waals surface area contributed by atoms with Crippen molar-refractivity contribution < 1.29 is 24.3 Å². The fourth-order valence-electron chi connectivity index (χ4n) is 5.33. The largest absolute Gasteiger partial charge is 0.480 e. The molecule has 5 rings (SSSR count). The van der Waals surface area contributed by atoms with E-state index in [1.807, 2.05) is 30.3 Å². The molecule has 43 heavy (non-hydrogen) atoms. The lowest BCUT2D eigenvalue weighted by atomic mass is 10.0. The summed E-state index contributed by atoms with van der Waals surface area (Å²) in [5.41, 5.74) is 3.01. The molecule has 2 aromatic carbocycles. The van der Waals surface area contributed by atoms with E-state index in [1.54, 1.807) is 36.7 Å². The Bertz CT molecular complexity index is 1550. The van der Waals surface area contributed by atoms with Crippen molar-refractivity contribution in [2.24, 2.45) is 0 Å². The van der Waals surface area contributed by atoms with Crippen LogP contribution in [0.4, 0.5) is 0 Å². The zero-order chi connectivity index (χ0) is 30.2. The third-order valence-electron chi connectivity index (χ3n) is 7.62. The van der Waals surface area contributed by atoms with Crippen LogP contribution in [0.15, 0.2) is 73.3 Å². The van der Waals surface area contributed by atoms with Gasteiger partial charge in [0.1, 0.15) is 18.1 Å². The standard InChI is InChI=1S/C31H35N7O5/c39-28(24-11-6-12-33-24)37-26(15-21-17-32-18-35-21)30(41)36-25(14-20-16-34-23-10-5-4-9-22(20)23)29(40)38-27(31(42)43)13-19-7-2-1-3-8-19/h1-5,7-10,16-18,24-27,33-34H,6,11-15H2,(H,32,35)(H,36,41)(H,37,39)(H,38,40)(H,42,43). The number of imidazole rings is 1. The molecule has 1 saturated heterocycles. The molecule has 0 spiro atoms. The van der Waals surface area contributed by atoms with E-state index in [0.717, 1.165) is 35.0 Å². The molecule has 7 N–H and O–H groups in total. The predicted octanol–water partition coefficient (Wildman–Crippen LogP) is 1.21. The number of H-pyrrole nitrogens is 2. The maximum Gasteiger partial charge on any atom is 0.326 e. The summed E-state index contributed by atoms with van der Waals surface area (Å²) in [5.74, 6) is -2.71. The van der Waals surface area contributed by atoms with E-state index in [4.69, 9.17) is 0 Å². The highest BCUT2D eigenvalue weighted by atomic mass is 16.4. The number of carboxylic acids is 1. The Morgan fingerprint density at radius 2 is 1.58 bits per heavy atom. The number of para-hydroxylation sites is 1. The summed E-state index contributed by atoms with van der Waals surface area (Å²) in [6.45, 7) is 0.718. The van der Waals surface area contributed by atoms with Gasteiger partial charge in [0.15, 0.2) is 0 Å². The van der Waals surface area contributed by atoms with Gasteiger partial charge >= 0.3 is 5.97 Å². The molecule has 0 radical (unpaired) electrons. The summed E-state index contributed by atoms with van der Waals surface area (Å²) in [5, 5.41) is 22.2. The van der Waals surface area contributed by atoms with Gasteiger partial charge in [-0.25, -0.2) is 9.78 Å². The molecule has 0 bridgehead atoms. The van der Waals surface area contributed by atoms with E-state index < -0.39 is 42.0 Å². The van der Waals surface area contributed by atoms with Gasteiger partial charge in [-0.3, -0.25) is 14.4 Å². The van der Waals surface area contributed by atoms with E-state index in [2.05, 4.69) is 36.2 Å². The molecule has 1 aliphatic heterocycles. The van der Waals surface area contributed by atoms with Gasteiger partial charge in [-0.2, -0.15) is 0 Å². The van der Waals surface area contributed by atoms with Crippen LogP contribution in [0.2, 0.25) is 0 Å². The third-order valence-corrected chi connectivity index (χ3v) is 7.62. The maximum absolute atomic E-state index is 13.8. The van der Waals surface area contributed by atoms with Gasteiger partial charge in [0.2, 0.25) is 17.7 Å². The topological polar surface area (TPSA) is 181 Å². The Hall–Kier alpha value is -4.97. The molecule has 2 aromatic heterocycles. The van der Waals surface area contributed by atoms with Gasteiger partial charge in [-0.15, -0.1) is 0 Å². The molecule has 224 valence electrons. The molecule has 0 saturated carbocycles. The van der Waals surface area contributed by atoms with Gasteiger partial charge < -0.3 is 36.3 Å². The smallest absolute Gasteiger partial charge is 0.326 e. The number of hydrogen-bond donors (Lipinski definition) is 7. The van der Waals surface area contributed by atoms with Crippen molar-refractivity contribution in [2.45, 2.75) is 56.3 Å². The van der Waals surface area contributed by atoms with E-state index in [0.29, 0.717) is 12.1 Å². The SMILES string of the molecule is O=C(O)C(Cc1ccccc1)NC(=O)C(Cc1c[nH]c2ccccc12)NC(=O)C(Cc1cnc[nH]1)NC(=O)C1CCCN1. The fraction of sp³-hybridized carbons (Fsp3) is 0.323. The van der Waals surface area contributed by atoms with Crippen LogP contribution in [0.1, 0.15) is 29.7 Å². The fourth-order valence-corrected chi connectivity index (χ4v) is 5.33. The van der Waals surface area contributed by atoms with E-state index in [1.165, 1.54) is 6.33 Å². The van der Waals surface area contributed by atoms with Gasteiger partial charge in [0.25, 0.3) is 0 Å². The number of nitrogens with one attached hydrogen (secondary N) is 6. The molecular formula is C31H35N7O5. The molecule has 0 aliphatic carbocycles. The Morgan fingerprint density at radius 1 is 0.860 bits per heavy atom. The van der Waals surface area contributed by atoms with Crippen LogP contribution in [-0.2, 0) is 38.4 Å². The molecule has 3 amide bonds. The summed E-state index contributed by atoms with van der Waals surface area (Å²) < 4.78 is 0. The Morgan fingerprint density at radius 3 is 2.28 bits per heavy atom. The van der Waals surface area contributed by atoms with E-state index in [9.17, 15) is 24.3 Å². The number of aromatic amines is 2. The number of aromatic nitrogens is 3. The van der Waals surface area contributed by atoms with Crippen molar-refractivity contribution in [2.75, 3.05) is 6.54 Å². The minimum Gasteiger partial charge on any atom is -0.480 e. The second kappa shape index (κ2) is 13.8. The summed E-state index contributed by atoms with van der Waals surface area (Å²) in [6, 6.07) is 12.8. The lowest BCUT2D eigenvalue weighted by molar-refractivity contribution is -0.142. The number of amides is 3. The molecule has 4 aromatic rings. The average Bonchev–Trinajstić information content (AvgIpc) is 3.80. The maximum atomic E-state index is 13.8. The minimum absolute atomic E-state index is 0.0720. The molecule has 12 heteroatoms. The van der Waals surface area contributed by atoms with Crippen LogP contribution in [0, 0.1) is 0 Å². The quantitative estimate of drug-likeness (QED) is 0.123. The zero-order valence-corrected chi connectivity index (χ0v) is 23.5. The number of benzene rings is 2. The summed E-state index contributed by atoms with van der Waals surface area (Å²) in [4.78, 5) is 62.7. The van der Waals surface area contributed by atoms with Crippen molar-refractivity contribution in [1.82, 2.24) is 36.2 Å². The highest BCUT2D eigenvalue weighted by molar-refractivity contribution is 5.95. The van der Waals surface area contributed by atoms with Crippen LogP contribution in [0.25, 0.3) is 10.9 Å². The summed E-state index contributed by atoms with van der Waals surface area (Å²) in [6.07, 6.45) is 6.62. The monoisotopic (exact) mass is 585 g/mol. The number of rotatable bonds is 13. The Labute approximate surface area is 248 Å². The number of carbonyl (C=O) groups is 4. The van der Waals surface area contributed by atoms with Gasteiger partial charge in [-0.1, -0.05) is 48.5 Å². The molecule has 12 nitrogen and oxygen atoms in total. The van der Waals surface area contributed by atoms with Crippen LogP contribution in [0.5, 0.6) is 0 Å². The van der Waals surface area contributed by atoms with Gasteiger partial charge in [0.05, 0.1) is 12.4 Å². The molecule has 3 heterocycles. The van der Waals surface area contributed by atoms with Gasteiger partial charge in [-0.05, 0) is 36.6 Å². The Balaban J connectivity index is 1.38. The lowest BCUT2D eigenvalue weighted by Gasteiger charge is -2.25. The number of carbonyl (C=O) groups excluding carboxylic acids is 3. The normalized spacial score (nSPS) is 16.7. The van der Waals surface area contributed by atoms with Crippen LogP contribution in [-0.4, -0.2) is 74.5 Å². The number of aliphatic carboxylic acids is 1. The third kappa shape index (κ3) is 7.66. The number of nitrogens with zero attached hydrogens (tertiary/aromatic N) is 1. The molecule has 1 aliphatic rings. The van der Waals surface area contributed by atoms with Crippen molar-refractivity contribution in [3.05, 3.63) is 90.1 Å². The van der Waals surface area contributed by atoms with E-state index in [-0.39, 0.29) is 25.2 Å². The highest BCUT2D eigenvalue weighted by Gasteiger charge is 2.32. The molecule has 4 unspecified atom stereocenters. The van der Waals surface area contributed by atoms with Crippen LogP contribution in [0.3, 0.4) is 0 Å². The Kier molecular flexibility index (Phi) is 9.47. The van der Waals surface area contributed by atoms with Crippen molar-refractivity contribution >= 4 is 34.6 Å². The first-order chi connectivity index (χ1) is 20.9. The average molecular weight is 586 g/mol. The molecule has 1 fully saturated rings. The number of hydrogen-bond acceptors (Lipinski definition) is 6. The molecular weight excluding hydrogens is 550 g/mol.